The number of guanidine groups is 1. The minimum atomic E-state index is -3.14. The van der Waals surface area contributed by atoms with Gasteiger partial charge in [-0.15, -0.1) is 24.0 Å². The van der Waals surface area contributed by atoms with E-state index in [1.807, 2.05) is 12.1 Å². The Hall–Kier alpha value is -0.870. The van der Waals surface area contributed by atoms with Gasteiger partial charge in [-0.05, 0) is 56.0 Å². The second-order valence-corrected chi connectivity index (χ2v) is 9.62. The number of hydrogen-bond donors (Lipinski definition) is 2. The van der Waals surface area contributed by atoms with Gasteiger partial charge in [0.15, 0.2) is 15.8 Å². The minimum Gasteiger partial charge on any atom is -0.356 e. The van der Waals surface area contributed by atoms with Crippen molar-refractivity contribution in [3.05, 3.63) is 29.8 Å². The zero-order valence-electron chi connectivity index (χ0n) is 17.4. The number of nitrogens with one attached hydrogen (secondary N) is 2. The second-order valence-electron chi connectivity index (χ2n) is 7.60. The Kier molecular flexibility index (Phi) is 10.8. The fourth-order valence-electron chi connectivity index (χ4n) is 3.51. The molecule has 8 heteroatoms. The van der Waals surface area contributed by atoms with Crippen molar-refractivity contribution in [2.24, 2.45) is 10.9 Å². The number of benzene rings is 1. The molecule has 160 valence electrons. The van der Waals surface area contributed by atoms with E-state index in [2.05, 4.69) is 34.4 Å². The normalized spacial score (nSPS) is 16.7. The third-order valence-electron chi connectivity index (χ3n) is 5.14. The minimum absolute atomic E-state index is 0. The van der Waals surface area contributed by atoms with Gasteiger partial charge in [0.25, 0.3) is 0 Å². The van der Waals surface area contributed by atoms with Gasteiger partial charge in [-0.25, -0.2) is 8.42 Å². The van der Waals surface area contributed by atoms with Crippen molar-refractivity contribution in [3.8, 4) is 0 Å². The quantitative estimate of drug-likeness (QED) is 0.312. The third kappa shape index (κ3) is 7.87. The van der Waals surface area contributed by atoms with Crippen LogP contribution < -0.4 is 10.6 Å². The second kappa shape index (κ2) is 12.0. The first-order valence-electron chi connectivity index (χ1n) is 9.79. The number of nitrogens with zero attached hydrogens (tertiary/aromatic N) is 2. The zero-order valence-corrected chi connectivity index (χ0v) is 20.6. The molecule has 0 aliphatic carbocycles. The monoisotopic (exact) mass is 522 g/mol. The Morgan fingerprint density at radius 1 is 1.14 bits per heavy atom. The summed E-state index contributed by atoms with van der Waals surface area (Å²) in [5, 5.41) is 6.81. The van der Waals surface area contributed by atoms with Gasteiger partial charge in [0.1, 0.15) is 0 Å². The average Bonchev–Trinajstić information content (AvgIpc) is 3.14. The highest BCUT2D eigenvalue weighted by atomic mass is 127. The van der Waals surface area contributed by atoms with Crippen LogP contribution in [0.5, 0.6) is 0 Å². The first kappa shape index (κ1) is 25.2. The van der Waals surface area contributed by atoms with Crippen LogP contribution in [0.15, 0.2) is 34.2 Å². The van der Waals surface area contributed by atoms with Crippen LogP contribution in [0.3, 0.4) is 0 Å². The molecular weight excluding hydrogens is 487 g/mol. The van der Waals surface area contributed by atoms with E-state index in [0.29, 0.717) is 16.9 Å². The maximum absolute atomic E-state index is 11.5. The number of aliphatic imine (C=N–C) groups is 1. The largest absolute Gasteiger partial charge is 0.356 e. The summed E-state index contributed by atoms with van der Waals surface area (Å²) >= 11 is 0. The van der Waals surface area contributed by atoms with E-state index in [1.165, 1.54) is 32.2 Å². The summed E-state index contributed by atoms with van der Waals surface area (Å²) in [6, 6.07) is 7.60. The third-order valence-corrected chi connectivity index (χ3v) is 6.27. The fraction of sp³-hybridized carbons (Fsp3) is 0.650. The van der Waals surface area contributed by atoms with E-state index in [0.717, 1.165) is 31.0 Å². The van der Waals surface area contributed by atoms with Gasteiger partial charge in [0.05, 0.1) is 4.90 Å². The molecule has 1 aromatic carbocycles. The number of likely N-dealkylation sites (tertiary alicyclic amines) is 1. The van der Waals surface area contributed by atoms with Gasteiger partial charge in [0, 0.05) is 32.4 Å². The number of sulfone groups is 1. The number of halogens is 1. The lowest BCUT2D eigenvalue weighted by Gasteiger charge is -2.31. The van der Waals surface area contributed by atoms with E-state index in [1.54, 1.807) is 19.2 Å². The van der Waals surface area contributed by atoms with E-state index in [-0.39, 0.29) is 24.0 Å². The predicted octanol–water partition coefficient (Wildman–Crippen LogP) is 2.54. The lowest BCUT2D eigenvalue weighted by atomic mass is 10.0. The zero-order chi connectivity index (χ0) is 19.9. The molecule has 0 saturated carbocycles. The molecule has 1 atom stereocenters. The highest BCUT2D eigenvalue weighted by Gasteiger charge is 2.24. The molecule has 1 unspecified atom stereocenters. The van der Waals surface area contributed by atoms with Gasteiger partial charge in [-0.1, -0.05) is 26.0 Å². The summed E-state index contributed by atoms with van der Waals surface area (Å²) in [6.07, 6.45) is 4.64. The van der Waals surface area contributed by atoms with Gasteiger partial charge in [-0.3, -0.25) is 9.89 Å². The smallest absolute Gasteiger partial charge is 0.191 e. The standard InChI is InChI=1S/C20H34N4O2S.HI/c1-16(2)19(24-13-5-6-14-24)15-23-20(21-3)22-12-11-17-7-9-18(10-8-17)27(4,25)26;/h7-10,16,19H,5-6,11-15H2,1-4H3,(H2,21,22,23);1H. The molecule has 0 aromatic heterocycles. The van der Waals surface area contributed by atoms with Crippen molar-refractivity contribution in [2.75, 3.05) is 39.5 Å². The van der Waals surface area contributed by atoms with Crippen molar-refractivity contribution in [3.63, 3.8) is 0 Å². The average molecular weight is 522 g/mol. The van der Waals surface area contributed by atoms with Gasteiger partial charge in [-0.2, -0.15) is 0 Å². The molecule has 1 aliphatic rings. The van der Waals surface area contributed by atoms with Crippen LogP contribution >= 0.6 is 24.0 Å². The van der Waals surface area contributed by atoms with Crippen molar-refractivity contribution < 1.29 is 8.42 Å². The maximum atomic E-state index is 11.5. The van der Waals surface area contributed by atoms with Crippen molar-refractivity contribution in [1.29, 1.82) is 0 Å². The Balaban J connectivity index is 0.00000392. The van der Waals surface area contributed by atoms with Crippen LogP contribution in [-0.2, 0) is 16.3 Å². The van der Waals surface area contributed by atoms with Crippen LogP contribution in [0.25, 0.3) is 0 Å². The molecule has 0 amide bonds. The Morgan fingerprint density at radius 2 is 1.75 bits per heavy atom. The Bertz CT molecular complexity index is 714. The molecule has 1 saturated heterocycles. The van der Waals surface area contributed by atoms with E-state index < -0.39 is 9.84 Å². The molecule has 0 spiro atoms. The van der Waals surface area contributed by atoms with E-state index >= 15 is 0 Å². The number of hydrogen-bond acceptors (Lipinski definition) is 4. The van der Waals surface area contributed by atoms with E-state index in [9.17, 15) is 8.42 Å². The highest BCUT2D eigenvalue weighted by molar-refractivity contribution is 14.0. The summed E-state index contributed by atoms with van der Waals surface area (Å²) in [4.78, 5) is 7.26. The molecule has 0 bridgehead atoms. The Morgan fingerprint density at radius 3 is 2.25 bits per heavy atom. The molecule has 28 heavy (non-hydrogen) atoms. The molecule has 1 aromatic rings. The van der Waals surface area contributed by atoms with Crippen LogP contribution in [-0.4, -0.2) is 64.8 Å². The van der Waals surface area contributed by atoms with Crippen LogP contribution in [0.2, 0.25) is 0 Å². The summed E-state index contributed by atoms with van der Waals surface area (Å²) < 4.78 is 23.0. The van der Waals surface area contributed by atoms with Gasteiger partial charge >= 0.3 is 0 Å². The van der Waals surface area contributed by atoms with Gasteiger partial charge < -0.3 is 10.6 Å². The lowest BCUT2D eigenvalue weighted by Crippen LogP contribution is -2.48. The molecule has 1 aliphatic heterocycles. The summed E-state index contributed by atoms with van der Waals surface area (Å²) in [6.45, 7) is 8.58. The van der Waals surface area contributed by atoms with Crippen LogP contribution in [0.4, 0.5) is 0 Å². The summed E-state index contributed by atoms with van der Waals surface area (Å²) in [5.41, 5.74) is 1.10. The number of rotatable bonds is 8. The maximum Gasteiger partial charge on any atom is 0.191 e. The van der Waals surface area contributed by atoms with Crippen molar-refractivity contribution >= 4 is 39.8 Å². The molecule has 0 radical (unpaired) electrons. The van der Waals surface area contributed by atoms with Gasteiger partial charge in [0.2, 0.25) is 0 Å². The van der Waals surface area contributed by atoms with E-state index in [4.69, 9.17) is 0 Å². The molecule has 1 heterocycles. The summed E-state index contributed by atoms with van der Waals surface area (Å²) in [5.74, 6) is 1.41. The van der Waals surface area contributed by atoms with Crippen molar-refractivity contribution in [1.82, 2.24) is 15.5 Å². The predicted molar refractivity (Wildman–Crippen MR) is 127 cm³/mol. The lowest BCUT2D eigenvalue weighted by molar-refractivity contribution is 0.192. The summed E-state index contributed by atoms with van der Waals surface area (Å²) in [7, 11) is -1.35. The van der Waals surface area contributed by atoms with Crippen LogP contribution in [0.1, 0.15) is 32.3 Å². The molecule has 6 nitrogen and oxygen atoms in total. The molecule has 2 rings (SSSR count). The Labute approximate surface area is 187 Å². The molecular formula is C20H35IN4O2S. The van der Waals surface area contributed by atoms with Crippen LogP contribution in [0, 0.1) is 5.92 Å². The topological polar surface area (TPSA) is 73.8 Å². The first-order valence-corrected chi connectivity index (χ1v) is 11.7. The van der Waals surface area contributed by atoms with Crippen molar-refractivity contribution in [2.45, 2.75) is 44.0 Å². The highest BCUT2D eigenvalue weighted by Crippen LogP contribution is 2.17. The fourth-order valence-corrected chi connectivity index (χ4v) is 4.14. The SMILES string of the molecule is CN=C(NCCc1ccc(S(C)(=O)=O)cc1)NCC(C(C)C)N1CCCC1.I. The molecule has 1 fully saturated rings. The first-order chi connectivity index (χ1) is 12.8. The molecule has 2 N–H and O–H groups in total.